The molecule has 1 aliphatic heterocycles. The molecular weight excluding hydrogens is 400 g/mol. The number of aryl methyl sites for hydroxylation is 2. The van der Waals surface area contributed by atoms with Crippen molar-refractivity contribution in [2.24, 2.45) is 0 Å². The molecule has 0 spiro atoms. The molecule has 0 atom stereocenters. The molecule has 1 saturated heterocycles. The van der Waals surface area contributed by atoms with Gasteiger partial charge in [-0.3, -0.25) is 14.5 Å². The molecule has 32 heavy (non-hydrogen) atoms. The second-order valence-electron chi connectivity index (χ2n) is 8.92. The molecule has 2 amide bonds. The van der Waals surface area contributed by atoms with Crippen molar-refractivity contribution in [3.05, 3.63) is 58.9 Å². The van der Waals surface area contributed by atoms with Crippen molar-refractivity contribution in [2.75, 3.05) is 38.0 Å². The van der Waals surface area contributed by atoms with Gasteiger partial charge < -0.3 is 14.8 Å². The highest BCUT2D eigenvalue weighted by Gasteiger charge is 2.26. The molecule has 6 heteroatoms. The highest BCUT2D eigenvalue weighted by atomic mass is 16.2. The maximum atomic E-state index is 12.7. The molecule has 1 aromatic heterocycles. The van der Waals surface area contributed by atoms with E-state index in [9.17, 15) is 9.59 Å². The number of nitrogens with zero attached hydrogens (tertiary/aromatic N) is 3. The van der Waals surface area contributed by atoms with E-state index in [1.165, 1.54) is 24.2 Å². The Morgan fingerprint density at radius 2 is 1.81 bits per heavy atom. The summed E-state index contributed by atoms with van der Waals surface area (Å²) in [6.45, 7) is 9.41. The molecule has 4 rings (SSSR count). The largest absolute Gasteiger partial charge is 0.346 e. The van der Waals surface area contributed by atoms with Crippen molar-refractivity contribution >= 4 is 23.6 Å². The number of carbonyl (C=O) groups is 2. The minimum atomic E-state index is -0.00316. The van der Waals surface area contributed by atoms with Crippen molar-refractivity contribution < 1.29 is 9.59 Å². The van der Waals surface area contributed by atoms with E-state index >= 15 is 0 Å². The molecule has 2 fully saturated rings. The van der Waals surface area contributed by atoms with E-state index in [-0.39, 0.29) is 11.8 Å². The Kier molecular flexibility index (Phi) is 6.80. The van der Waals surface area contributed by atoms with Crippen LogP contribution in [0.4, 0.5) is 5.69 Å². The summed E-state index contributed by atoms with van der Waals surface area (Å²) in [5.74, 6) is 0.0405. The van der Waals surface area contributed by atoms with Crippen LogP contribution in [0.2, 0.25) is 0 Å². The first-order valence-corrected chi connectivity index (χ1v) is 11.7. The van der Waals surface area contributed by atoms with E-state index < -0.39 is 0 Å². The molecule has 2 aliphatic rings. The Hall–Kier alpha value is -2.86. The lowest BCUT2D eigenvalue weighted by Gasteiger charge is -2.33. The molecular formula is C26H34N4O2. The van der Waals surface area contributed by atoms with Crippen LogP contribution < -0.4 is 5.32 Å². The molecule has 2 aromatic rings. The average Bonchev–Trinajstić information content (AvgIpc) is 3.57. The van der Waals surface area contributed by atoms with Gasteiger partial charge in [0.05, 0.1) is 6.54 Å². The van der Waals surface area contributed by atoms with Crippen LogP contribution in [0.5, 0.6) is 0 Å². The first kappa shape index (κ1) is 22.3. The van der Waals surface area contributed by atoms with Gasteiger partial charge in [0.15, 0.2) is 0 Å². The number of para-hydroxylation sites is 1. The fraction of sp³-hybridized carbons (Fsp3) is 0.462. The molecule has 1 aromatic carbocycles. The van der Waals surface area contributed by atoms with Gasteiger partial charge in [0.25, 0.3) is 0 Å². The molecule has 0 bridgehead atoms. The van der Waals surface area contributed by atoms with Crippen LogP contribution in [0.3, 0.4) is 0 Å². The number of carbonyl (C=O) groups excluding carboxylic acids is 2. The number of anilines is 1. The summed E-state index contributed by atoms with van der Waals surface area (Å²) in [6.07, 6.45) is 7.05. The van der Waals surface area contributed by atoms with Crippen molar-refractivity contribution in [3.8, 4) is 0 Å². The van der Waals surface area contributed by atoms with E-state index in [2.05, 4.69) is 41.6 Å². The van der Waals surface area contributed by atoms with Gasteiger partial charge in [0.1, 0.15) is 0 Å². The van der Waals surface area contributed by atoms with Gasteiger partial charge in [0, 0.05) is 55.4 Å². The van der Waals surface area contributed by atoms with Gasteiger partial charge in [0.2, 0.25) is 11.8 Å². The third kappa shape index (κ3) is 5.13. The number of benzene rings is 1. The third-order valence-electron chi connectivity index (χ3n) is 6.56. The fourth-order valence-electron chi connectivity index (χ4n) is 4.60. The summed E-state index contributed by atoms with van der Waals surface area (Å²) >= 11 is 0. The zero-order valence-corrected chi connectivity index (χ0v) is 19.4. The van der Waals surface area contributed by atoms with Crippen LogP contribution in [0.25, 0.3) is 6.08 Å². The van der Waals surface area contributed by atoms with E-state index in [0.29, 0.717) is 38.8 Å². The minimum Gasteiger partial charge on any atom is -0.346 e. The highest BCUT2D eigenvalue weighted by molar-refractivity contribution is 5.93. The van der Waals surface area contributed by atoms with Gasteiger partial charge in [-0.1, -0.05) is 25.1 Å². The van der Waals surface area contributed by atoms with E-state index in [1.54, 1.807) is 6.08 Å². The predicted molar refractivity (Wildman–Crippen MR) is 129 cm³/mol. The van der Waals surface area contributed by atoms with Crippen molar-refractivity contribution in [1.82, 2.24) is 14.4 Å². The van der Waals surface area contributed by atoms with Gasteiger partial charge in [-0.15, -0.1) is 0 Å². The molecule has 0 radical (unpaired) electrons. The highest BCUT2D eigenvalue weighted by Crippen LogP contribution is 2.38. The van der Waals surface area contributed by atoms with Crippen molar-refractivity contribution in [2.45, 2.75) is 46.1 Å². The zero-order valence-electron chi connectivity index (χ0n) is 19.4. The van der Waals surface area contributed by atoms with Gasteiger partial charge in [-0.05, 0) is 62.4 Å². The Bertz CT molecular complexity index is 1010. The first-order valence-electron chi connectivity index (χ1n) is 11.7. The summed E-state index contributed by atoms with van der Waals surface area (Å²) in [5.41, 5.74) is 5.67. The normalized spacial score (nSPS) is 17.2. The molecule has 1 saturated carbocycles. The molecule has 1 N–H and O–H groups in total. The number of aromatic nitrogens is 1. The first-order chi connectivity index (χ1) is 15.5. The van der Waals surface area contributed by atoms with Crippen molar-refractivity contribution in [1.29, 1.82) is 0 Å². The van der Waals surface area contributed by atoms with Crippen LogP contribution in [0.15, 0.2) is 36.4 Å². The van der Waals surface area contributed by atoms with Crippen LogP contribution in [-0.2, 0) is 16.0 Å². The third-order valence-corrected chi connectivity index (χ3v) is 6.56. The zero-order chi connectivity index (χ0) is 22.7. The molecule has 2 heterocycles. The maximum absolute atomic E-state index is 12.7. The summed E-state index contributed by atoms with van der Waals surface area (Å²) in [7, 11) is 0. The van der Waals surface area contributed by atoms with E-state index in [1.807, 2.05) is 35.2 Å². The smallest absolute Gasteiger partial charge is 0.246 e. The number of hydrogen-bond acceptors (Lipinski definition) is 3. The number of amides is 2. The predicted octanol–water partition coefficient (Wildman–Crippen LogP) is 3.80. The van der Waals surface area contributed by atoms with Gasteiger partial charge in [-0.2, -0.15) is 0 Å². The number of nitrogens with one attached hydrogen (secondary N) is 1. The fourth-order valence-corrected chi connectivity index (χ4v) is 4.60. The van der Waals surface area contributed by atoms with Crippen LogP contribution in [0, 0.1) is 13.8 Å². The quantitative estimate of drug-likeness (QED) is 0.675. The Labute approximate surface area is 190 Å². The topological polar surface area (TPSA) is 57.6 Å². The average molecular weight is 435 g/mol. The van der Waals surface area contributed by atoms with Crippen LogP contribution in [0.1, 0.15) is 48.3 Å². The Morgan fingerprint density at radius 1 is 1.09 bits per heavy atom. The molecule has 0 unspecified atom stereocenters. The Morgan fingerprint density at radius 3 is 2.50 bits per heavy atom. The maximum Gasteiger partial charge on any atom is 0.246 e. The van der Waals surface area contributed by atoms with Crippen LogP contribution >= 0.6 is 0 Å². The standard InChI is InChI=1S/C26H34N4O2/c1-4-21-7-5-6-8-24(21)27-25(31)18-28-13-15-29(16-14-28)26(32)12-9-22-17-19(2)30(20(22)3)23-10-11-23/h5-9,12,17,23H,4,10-11,13-16,18H2,1-3H3,(H,27,31)/b12-9+. The van der Waals surface area contributed by atoms with Crippen LogP contribution in [-0.4, -0.2) is 58.9 Å². The number of rotatable bonds is 7. The molecule has 1 aliphatic carbocycles. The van der Waals surface area contributed by atoms with Crippen molar-refractivity contribution in [3.63, 3.8) is 0 Å². The summed E-state index contributed by atoms with van der Waals surface area (Å²) in [5, 5.41) is 3.03. The summed E-state index contributed by atoms with van der Waals surface area (Å²) < 4.78 is 2.40. The van der Waals surface area contributed by atoms with E-state index in [4.69, 9.17) is 0 Å². The lowest BCUT2D eigenvalue weighted by Crippen LogP contribution is -2.50. The van der Waals surface area contributed by atoms with Gasteiger partial charge >= 0.3 is 0 Å². The molecule has 170 valence electrons. The summed E-state index contributed by atoms with van der Waals surface area (Å²) in [4.78, 5) is 29.2. The Balaban J connectivity index is 1.26. The van der Waals surface area contributed by atoms with Gasteiger partial charge in [-0.25, -0.2) is 0 Å². The minimum absolute atomic E-state index is 0.00316. The summed E-state index contributed by atoms with van der Waals surface area (Å²) in [6, 6.07) is 10.7. The lowest BCUT2D eigenvalue weighted by molar-refractivity contribution is -0.127. The number of piperazine rings is 1. The molecule has 6 nitrogen and oxygen atoms in total. The SMILES string of the molecule is CCc1ccccc1NC(=O)CN1CCN(C(=O)/C=C/c2cc(C)n(C3CC3)c2C)CC1. The monoisotopic (exact) mass is 434 g/mol. The second kappa shape index (κ2) is 9.74. The lowest BCUT2D eigenvalue weighted by atomic mass is 10.1. The van der Waals surface area contributed by atoms with E-state index in [0.717, 1.165) is 23.2 Å². The number of hydrogen-bond donors (Lipinski definition) is 1. The second-order valence-corrected chi connectivity index (χ2v) is 8.92.